The second kappa shape index (κ2) is 3.57. The molecule has 1 atom stereocenters. The molecule has 1 aliphatic rings. The molecule has 0 saturated carbocycles. The minimum absolute atomic E-state index is 0.426. The highest BCUT2D eigenvalue weighted by Crippen LogP contribution is 2.13. The molecule has 1 fully saturated rings. The van der Waals surface area contributed by atoms with E-state index in [1.54, 1.807) is 0 Å². The highest BCUT2D eigenvalue weighted by atomic mass is 16.2. The molecule has 2 amide bonds. The number of urea groups is 1. The maximum Gasteiger partial charge on any atom is 0.312 e. The summed E-state index contributed by atoms with van der Waals surface area (Å²) in [6.07, 6.45) is 2.39. The third-order valence-electron chi connectivity index (χ3n) is 2.18. The molecule has 11 heavy (non-hydrogen) atoms. The predicted molar refractivity (Wildman–Crippen MR) is 43.2 cm³/mol. The van der Waals surface area contributed by atoms with Crippen LogP contribution in [0.2, 0.25) is 0 Å². The van der Waals surface area contributed by atoms with Crippen molar-refractivity contribution >= 4 is 6.03 Å². The van der Waals surface area contributed by atoms with Crippen LogP contribution in [0.1, 0.15) is 12.8 Å². The number of nitrogens with two attached hydrogens (primary N) is 1. The van der Waals surface area contributed by atoms with E-state index in [0.29, 0.717) is 12.6 Å². The zero-order valence-corrected chi connectivity index (χ0v) is 6.84. The molecule has 1 rings (SSSR count). The quantitative estimate of drug-likeness (QED) is 0.580. The van der Waals surface area contributed by atoms with Crippen molar-refractivity contribution in [2.45, 2.75) is 18.9 Å². The number of hydrogen-bond donors (Lipinski definition) is 2. The lowest BCUT2D eigenvalue weighted by Crippen LogP contribution is -2.40. The highest BCUT2D eigenvalue weighted by molar-refractivity contribution is 5.71. The molecule has 0 radical (unpaired) electrons. The summed E-state index contributed by atoms with van der Waals surface area (Å²) in [5.41, 5.74) is 4.95. The standard InChI is InChI=1S/C7H15N3O/c1-10-4-2-3-6(10)5-9-7(8)11/h6H,2-5H2,1H3,(H3,8,9,11)/t6-/m1/s1. The van der Waals surface area contributed by atoms with Gasteiger partial charge in [0.25, 0.3) is 0 Å². The Hall–Kier alpha value is -0.770. The molecule has 0 spiro atoms. The molecule has 1 heterocycles. The number of carbonyl (C=O) groups excluding carboxylic acids is 1. The second-order valence-corrected chi connectivity index (χ2v) is 3.02. The smallest absolute Gasteiger partial charge is 0.312 e. The van der Waals surface area contributed by atoms with Gasteiger partial charge in [-0.1, -0.05) is 0 Å². The fourth-order valence-corrected chi connectivity index (χ4v) is 1.46. The van der Waals surface area contributed by atoms with Crippen LogP contribution < -0.4 is 11.1 Å². The molecule has 3 N–H and O–H groups in total. The molecule has 0 bridgehead atoms. The Morgan fingerprint density at radius 3 is 3.00 bits per heavy atom. The lowest BCUT2D eigenvalue weighted by molar-refractivity contribution is 0.242. The number of nitrogens with zero attached hydrogens (tertiary/aromatic N) is 1. The monoisotopic (exact) mass is 157 g/mol. The van der Waals surface area contributed by atoms with Crippen molar-refractivity contribution in [2.75, 3.05) is 20.1 Å². The number of nitrogens with one attached hydrogen (secondary N) is 1. The molecule has 0 unspecified atom stereocenters. The van der Waals surface area contributed by atoms with E-state index < -0.39 is 6.03 Å². The van der Waals surface area contributed by atoms with Crippen LogP contribution >= 0.6 is 0 Å². The van der Waals surface area contributed by atoms with E-state index in [2.05, 4.69) is 17.3 Å². The minimum Gasteiger partial charge on any atom is -0.352 e. The van der Waals surface area contributed by atoms with Crippen molar-refractivity contribution in [2.24, 2.45) is 5.73 Å². The molecule has 1 saturated heterocycles. The fourth-order valence-electron chi connectivity index (χ4n) is 1.46. The molecule has 1 aliphatic heterocycles. The van der Waals surface area contributed by atoms with Gasteiger partial charge in [0.05, 0.1) is 0 Å². The first kappa shape index (κ1) is 8.33. The normalized spacial score (nSPS) is 25.4. The number of amides is 2. The number of rotatable bonds is 2. The van der Waals surface area contributed by atoms with Gasteiger partial charge in [-0.2, -0.15) is 0 Å². The molecule has 0 aromatic carbocycles. The fraction of sp³-hybridized carbons (Fsp3) is 0.857. The summed E-state index contributed by atoms with van der Waals surface area (Å²) < 4.78 is 0. The van der Waals surface area contributed by atoms with Crippen molar-refractivity contribution in [3.8, 4) is 0 Å². The average Bonchev–Trinajstić information content (AvgIpc) is 2.31. The summed E-state index contributed by atoms with van der Waals surface area (Å²) >= 11 is 0. The summed E-state index contributed by atoms with van der Waals surface area (Å²) in [5.74, 6) is 0. The Balaban J connectivity index is 2.20. The SMILES string of the molecule is CN1CCC[C@@H]1CNC(N)=O. The van der Waals surface area contributed by atoms with Gasteiger partial charge in [-0.05, 0) is 26.4 Å². The van der Waals surface area contributed by atoms with Crippen molar-refractivity contribution in [3.63, 3.8) is 0 Å². The third kappa shape index (κ3) is 2.38. The molecule has 4 heteroatoms. The first-order chi connectivity index (χ1) is 5.20. The Morgan fingerprint density at radius 2 is 2.55 bits per heavy atom. The largest absolute Gasteiger partial charge is 0.352 e. The first-order valence-corrected chi connectivity index (χ1v) is 3.93. The van der Waals surface area contributed by atoms with Crippen LogP contribution in [0.5, 0.6) is 0 Å². The summed E-state index contributed by atoms with van der Waals surface area (Å²) in [4.78, 5) is 12.6. The van der Waals surface area contributed by atoms with E-state index in [-0.39, 0.29) is 0 Å². The Morgan fingerprint density at radius 1 is 1.82 bits per heavy atom. The maximum absolute atomic E-state index is 10.4. The van der Waals surface area contributed by atoms with E-state index in [1.165, 1.54) is 6.42 Å². The van der Waals surface area contributed by atoms with Crippen LogP contribution in [0.3, 0.4) is 0 Å². The second-order valence-electron chi connectivity index (χ2n) is 3.02. The van der Waals surface area contributed by atoms with Gasteiger partial charge < -0.3 is 16.0 Å². The van der Waals surface area contributed by atoms with Crippen molar-refractivity contribution < 1.29 is 4.79 Å². The number of likely N-dealkylation sites (N-methyl/N-ethyl adjacent to an activating group) is 1. The molecular formula is C7H15N3O. The van der Waals surface area contributed by atoms with Crippen LogP contribution in [-0.2, 0) is 0 Å². The van der Waals surface area contributed by atoms with Crippen molar-refractivity contribution in [3.05, 3.63) is 0 Å². The van der Waals surface area contributed by atoms with Gasteiger partial charge in [-0.3, -0.25) is 0 Å². The van der Waals surface area contributed by atoms with Gasteiger partial charge in [0.15, 0.2) is 0 Å². The summed E-state index contributed by atoms with van der Waals surface area (Å²) in [5, 5.41) is 2.62. The lowest BCUT2D eigenvalue weighted by atomic mass is 10.2. The third-order valence-corrected chi connectivity index (χ3v) is 2.18. The molecule has 0 aromatic rings. The number of primary amides is 1. The Kier molecular flexibility index (Phi) is 2.70. The molecule has 0 aliphatic carbocycles. The van der Waals surface area contributed by atoms with Crippen LogP contribution in [0.4, 0.5) is 4.79 Å². The van der Waals surface area contributed by atoms with Crippen LogP contribution in [-0.4, -0.2) is 37.1 Å². The lowest BCUT2D eigenvalue weighted by Gasteiger charge is -2.18. The van der Waals surface area contributed by atoms with Gasteiger partial charge in [-0.25, -0.2) is 4.79 Å². The van der Waals surface area contributed by atoms with Gasteiger partial charge in [0.2, 0.25) is 0 Å². The zero-order valence-electron chi connectivity index (χ0n) is 6.84. The van der Waals surface area contributed by atoms with E-state index in [4.69, 9.17) is 5.73 Å². The molecule has 4 nitrogen and oxygen atoms in total. The summed E-state index contributed by atoms with van der Waals surface area (Å²) in [6, 6.07) is 0.0628. The van der Waals surface area contributed by atoms with Crippen LogP contribution in [0, 0.1) is 0 Å². The number of likely N-dealkylation sites (tertiary alicyclic amines) is 1. The average molecular weight is 157 g/mol. The number of carbonyl (C=O) groups is 1. The van der Waals surface area contributed by atoms with Gasteiger partial charge in [-0.15, -0.1) is 0 Å². The Labute approximate surface area is 66.7 Å². The maximum atomic E-state index is 10.4. The van der Waals surface area contributed by atoms with Crippen molar-refractivity contribution in [1.29, 1.82) is 0 Å². The van der Waals surface area contributed by atoms with Crippen LogP contribution in [0.15, 0.2) is 0 Å². The topological polar surface area (TPSA) is 58.4 Å². The van der Waals surface area contributed by atoms with E-state index in [1.807, 2.05) is 0 Å². The Bertz CT molecular complexity index is 149. The van der Waals surface area contributed by atoms with Crippen LogP contribution in [0.25, 0.3) is 0 Å². The van der Waals surface area contributed by atoms with Gasteiger partial charge in [0.1, 0.15) is 0 Å². The van der Waals surface area contributed by atoms with E-state index in [0.717, 1.165) is 13.0 Å². The molecular weight excluding hydrogens is 142 g/mol. The minimum atomic E-state index is -0.426. The van der Waals surface area contributed by atoms with Gasteiger partial charge >= 0.3 is 6.03 Å². The van der Waals surface area contributed by atoms with Gasteiger partial charge in [0, 0.05) is 12.6 Å². The number of hydrogen-bond acceptors (Lipinski definition) is 2. The van der Waals surface area contributed by atoms with E-state index in [9.17, 15) is 4.79 Å². The molecule has 64 valence electrons. The zero-order chi connectivity index (χ0) is 8.27. The summed E-state index contributed by atoms with van der Waals surface area (Å²) in [6.45, 7) is 1.82. The summed E-state index contributed by atoms with van der Waals surface area (Å²) in [7, 11) is 2.07. The highest BCUT2D eigenvalue weighted by Gasteiger charge is 2.20. The molecule has 0 aromatic heterocycles. The first-order valence-electron chi connectivity index (χ1n) is 3.93. The van der Waals surface area contributed by atoms with E-state index >= 15 is 0 Å². The van der Waals surface area contributed by atoms with Crippen molar-refractivity contribution in [1.82, 2.24) is 10.2 Å². The predicted octanol–water partition coefficient (Wildman–Crippen LogP) is -0.251.